The minimum atomic E-state index is -1.29. The average molecular weight is 358 g/mol. The van der Waals surface area contributed by atoms with Gasteiger partial charge in [-0.2, -0.15) is 0 Å². The first-order chi connectivity index (χ1) is 12.1. The van der Waals surface area contributed by atoms with Crippen LogP contribution in [0.5, 0.6) is 0 Å². The number of carboxylic acids is 1. The number of aliphatic carboxylic acids is 1. The molecule has 1 aliphatic rings. The van der Waals surface area contributed by atoms with Gasteiger partial charge < -0.3 is 14.8 Å². The predicted octanol–water partition coefficient (Wildman–Crippen LogP) is 4.27. The van der Waals surface area contributed by atoms with Crippen LogP contribution in [0.1, 0.15) is 36.8 Å². The van der Waals surface area contributed by atoms with E-state index >= 15 is 0 Å². The molecule has 2 aromatic carbocycles. The zero-order valence-corrected chi connectivity index (χ0v) is 14.7. The fraction of sp³-hybridized carbons (Fsp3) is 0.300. The number of carboxylic acid groups (broad SMARTS) is 1. The van der Waals surface area contributed by atoms with Crippen LogP contribution in [0.4, 0.5) is 5.69 Å². The molecule has 0 bridgehead atoms. The maximum absolute atomic E-state index is 12.4. The summed E-state index contributed by atoms with van der Waals surface area (Å²) in [6, 6.07) is 14.8. The highest BCUT2D eigenvalue weighted by molar-refractivity contribution is 6.31. The number of carbonyl (C=O) groups excluding carboxylic acids is 1. The molecule has 0 amide bonds. The van der Waals surface area contributed by atoms with E-state index in [1.54, 1.807) is 6.07 Å². The first-order valence-corrected chi connectivity index (χ1v) is 8.72. The van der Waals surface area contributed by atoms with Crippen LogP contribution in [-0.2, 0) is 16.1 Å². The second-order valence-electron chi connectivity index (χ2n) is 6.33. The number of para-hydroxylation sites is 1. The molecule has 0 aliphatic carbocycles. The van der Waals surface area contributed by atoms with Crippen molar-refractivity contribution >= 4 is 29.5 Å². The third-order valence-electron chi connectivity index (χ3n) is 4.98. The van der Waals surface area contributed by atoms with Gasteiger partial charge in [-0.3, -0.25) is 0 Å². The van der Waals surface area contributed by atoms with Crippen LogP contribution in [0, 0.1) is 0 Å². The summed E-state index contributed by atoms with van der Waals surface area (Å²) < 4.78 is 0. The fourth-order valence-corrected chi connectivity index (χ4v) is 4.07. The molecule has 1 aliphatic heterocycles. The van der Waals surface area contributed by atoms with E-state index in [9.17, 15) is 14.7 Å². The number of aldehydes is 1. The molecule has 4 nitrogen and oxygen atoms in total. The Labute approximate surface area is 152 Å². The molecule has 2 atom stereocenters. The summed E-state index contributed by atoms with van der Waals surface area (Å²) in [5.74, 6) is -1.68. The number of rotatable bonds is 6. The SMILES string of the molecule is CCCC1(C(=O)O)C(C=O)c2ccccc2N1Cc1ccccc1Cl. The summed E-state index contributed by atoms with van der Waals surface area (Å²) in [7, 11) is 0. The first kappa shape index (κ1) is 17.5. The average Bonchev–Trinajstić information content (AvgIpc) is 2.87. The zero-order chi connectivity index (χ0) is 18.0. The van der Waals surface area contributed by atoms with Gasteiger partial charge in [-0.15, -0.1) is 0 Å². The van der Waals surface area contributed by atoms with Gasteiger partial charge in [0.15, 0.2) is 5.54 Å². The van der Waals surface area contributed by atoms with Crippen molar-refractivity contribution in [2.75, 3.05) is 4.90 Å². The Balaban J connectivity index is 2.18. The van der Waals surface area contributed by atoms with Crippen molar-refractivity contribution in [3.63, 3.8) is 0 Å². The Morgan fingerprint density at radius 1 is 1.24 bits per heavy atom. The van der Waals surface area contributed by atoms with Crippen molar-refractivity contribution in [3.05, 3.63) is 64.7 Å². The second kappa shape index (κ2) is 6.89. The standard InChI is InChI=1S/C20H20ClNO3/c1-2-11-20(19(24)25)16(13-23)15-8-4-6-10-18(15)22(20)12-14-7-3-5-9-17(14)21/h3-10,13,16H,2,11-12H2,1H3,(H,24,25). The zero-order valence-electron chi connectivity index (χ0n) is 14.0. The van der Waals surface area contributed by atoms with Crippen LogP contribution in [0.2, 0.25) is 5.02 Å². The number of hydrogen-bond acceptors (Lipinski definition) is 3. The number of nitrogens with zero attached hydrogens (tertiary/aromatic N) is 1. The predicted molar refractivity (Wildman–Crippen MR) is 98.2 cm³/mol. The maximum atomic E-state index is 12.4. The largest absolute Gasteiger partial charge is 0.479 e. The smallest absolute Gasteiger partial charge is 0.330 e. The van der Waals surface area contributed by atoms with E-state index in [4.69, 9.17) is 11.6 Å². The third kappa shape index (κ3) is 2.71. The van der Waals surface area contributed by atoms with Gasteiger partial charge >= 0.3 is 5.97 Å². The van der Waals surface area contributed by atoms with Crippen LogP contribution in [0.25, 0.3) is 0 Å². The lowest BCUT2D eigenvalue weighted by atomic mass is 9.79. The van der Waals surface area contributed by atoms with E-state index in [1.807, 2.05) is 54.3 Å². The Morgan fingerprint density at radius 2 is 1.92 bits per heavy atom. The minimum absolute atomic E-state index is 0.341. The fourth-order valence-electron chi connectivity index (χ4n) is 3.87. The van der Waals surface area contributed by atoms with Gasteiger partial charge in [0, 0.05) is 17.3 Å². The first-order valence-electron chi connectivity index (χ1n) is 8.35. The van der Waals surface area contributed by atoms with Crippen LogP contribution < -0.4 is 4.90 Å². The summed E-state index contributed by atoms with van der Waals surface area (Å²) in [5, 5.41) is 10.7. The molecule has 25 heavy (non-hydrogen) atoms. The van der Waals surface area contributed by atoms with Crippen molar-refractivity contribution in [1.82, 2.24) is 0 Å². The van der Waals surface area contributed by atoms with E-state index < -0.39 is 17.4 Å². The molecule has 130 valence electrons. The molecule has 0 fully saturated rings. The molecule has 1 N–H and O–H groups in total. The molecule has 0 saturated heterocycles. The Hall–Kier alpha value is -2.33. The molecule has 3 rings (SSSR count). The Bertz CT molecular complexity index is 807. The number of fused-ring (bicyclic) bond motifs is 1. The van der Waals surface area contributed by atoms with Crippen LogP contribution >= 0.6 is 11.6 Å². The molecular formula is C20H20ClNO3. The molecule has 0 aromatic heterocycles. The van der Waals surface area contributed by atoms with E-state index in [0.29, 0.717) is 24.4 Å². The van der Waals surface area contributed by atoms with Crippen molar-refractivity contribution in [2.45, 2.75) is 37.8 Å². The number of benzene rings is 2. The minimum Gasteiger partial charge on any atom is -0.479 e. The van der Waals surface area contributed by atoms with Gasteiger partial charge in [-0.25, -0.2) is 4.79 Å². The van der Waals surface area contributed by atoms with Gasteiger partial charge in [0.25, 0.3) is 0 Å². The van der Waals surface area contributed by atoms with E-state index in [2.05, 4.69) is 0 Å². The second-order valence-corrected chi connectivity index (χ2v) is 6.74. The van der Waals surface area contributed by atoms with Crippen molar-refractivity contribution in [2.24, 2.45) is 0 Å². The van der Waals surface area contributed by atoms with Crippen LogP contribution in [0.3, 0.4) is 0 Å². The lowest BCUT2D eigenvalue weighted by molar-refractivity contribution is -0.145. The summed E-state index contributed by atoms with van der Waals surface area (Å²) in [6.07, 6.45) is 1.81. The van der Waals surface area contributed by atoms with Gasteiger partial charge in [0.2, 0.25) is 0 Å². The summed E-state index contributed by atoms with van der Waals surface area (Å²) in [4.78, 5) is 26.2. The van der Waals surface area contributed by atoms with Crippen LogP contribution in [0.15, 0.2) is 48.5 Å². The number of anilines is 1. The Kier molecular flexibility index (Phi) is 4.82. The summed E-state index contributed by atoms with van der Waals surface area (Å²) in [6.45, 7) is 2.27. The number of halogens is 1. The van der Waals surface area contributed by atoms with E-state index in [-0.39, 0.29) is 0 Å². The molecule has 2 unspecified atom stereocenters. The molecule has 2 aromatic rings. The topological polar surface area (TPSA) is 57.6 Å². The number of carbonyl (C=O) groups is 2. The normalized spacial score (nSPS) is 21.8. The molecule has 0 saturated carbocycles. The maximum Gasteiger partial charge on any atom is 0.330 e. The van der Waals surface area contributed by atoms with Crippen molar-refractivity contribution in [3.8, 4) is 0 Å². The summed E-state index contributed by atoms with van der Waals surface area (Å²) in [5.41, 5.74) is 1.10. The molecule has 1 heterocycles. The highest BCUT2D eigenvalue weighted by atomic mass is 35.5. The number of hydrogen-bond donors (Lipinski definition) is 1. The highest BCUT2D eigenvalue weighted by Crippen LogP contribution is 2.50. The highest BCUT2D eigenvalue weighted by Gasteiger charge is 2.56. The lowest BCUT2D eigenvalue weighted by Gasteiger charge is -2.39. The van der Waals surface area contributed by atoms with Crippen molar-refractivity contribution in [1.29, 1.82) is 0 Å². The molecular weight excluding hydrogens is 338 g/mol. The van der Waals surface area contributed by atoms with Gasteiger partial charge in [0.05, 0.1) is 5.92 Å². The molecule has 0 spiro atoms. The molecule has 5 heteroatoms. The van der Waals surface area contributed by atoms with Crippen molar-refractivity contribution < 1.29 is 14.7 Å². The van der Waals surface area contributed by atoms with Gasteiger partial charge in [0.1, 0.15) is 6.29 Å². The molecule has 0 radical (unpaired) electrons. The lowest BCUT2D eigenvalue weighted by Crippen LogP contribution is -2.55. The summed E-state index contributed by atoms with van der Waals surface area (Å²) >= 11 is 6.31. The quantitative estimate of drug-likeness (QED) is 0.784. The van der Waals surface area contributed by atoms with Gasteiger partial charge in [-0.1, -0.05) is 61.3 Å². The van der Waals surface area contributed by atoms with E-state index in [0.717, 1.165) is 23.1 Å². The third-order valence-corrected chi connectivity index (χ3v) is 5.35. The monoisotopic (exact) mass is 357 g/mol. The van der Waals surface area contributed by atoms with Gasteiger partial charge in [-0.05, 0) is 29.7 Å². The Morgan fingerprint density at radius 3 is 2.56 bits per heavy atom. The van der Waals surface area contributed by atoms with Crippen LogP contribution in [-0.4, -0.2) is 22.9 Å². The van der Waals surface area contributed by atoms with E-state index in [1.165, 1.54) is 0 Å².